The molecular weight excluding hydrogens is 186 g/mol. The van der Waals surface area contributed by atoms with Gasteiger partial charge in [-0.3, -0.25) is 0 Å². The Bertz CT molecular complexity index is 116. The summed E-state index contributed by atoms with van der Waals surface area (Å²) in [5.41, 5.74) is 0. The van der Waals surface area contributed by atoms with Crippen LogP contribution in [0, 0.1) is 0 Å². The van der Waals surface area contributed by atoms with E-state index in [4.69, 9.17) is 0 Å². The van der Waals surface area contributed by atoms with Gasteiger partial charge >= 0.3 is 0 Å². The highest BCUT2D eigenvalue weighted by atomic mass is 16.0. The summed E-state index contributed by atoms with van der Waals surface area (Å²) in [6, 6.07) is 0. The van der Waals surface area contributed by atoms with Crippen LogP contribution in [0.5, 0.6) is 0 Å². The van der Waals surface area contributed by atoms with Crippen molar-refractivity contribution in [2.24, 2.45) is 0 Å². The van der Waals surface area contributed by atoms with Crippen LogP contribution in [-0.4, -0.2) is 36.6 Å². The Morgan fingerprint density at radius 1 is 0.733 bits per heavy atom. The van der Waals surface area contributed by atoms with Gasteiger partial charge < -0.3 is 9.96 Å². The Morgan fingerprint density at radius 3 is 1.40 bits per heavy atom. The molecule has 0 spiro atoms. The third-order valence-corrected chi connectivity index (χ3v) is 3.37. The van der Waals surface area contributed by atoms with Crippen molar-refractivity contribution in [2.75, 3.05) is 26.7 Å². The molecule has 15 heavy (non-hydrogen) atoms. The maximum Gasteiger partial charge on any atom is 0.0784 e. The number of nitrogens with zero attached hydrogens (tertiary/aromatic N) is 1. The van der Waals surface area contributed by atoms with Gasteiger partial charge in [0.2, 0.25) is 0 Å². The topological polar surface area (TPSA) is 30.0 Å². The Balaban J connectivity index is 0. The van der Waals surface area contributed by atoms with Crippen molar-refractivity contribution in [1.82, 2.24) is 0 Å². The van der Waals surface area contributed by atoms with Crippen LogP contribution in [0.15, 0.2) is 0 Å². The predicted molar refractivity (Wildman–Crippen MR) is 67.4 cm³/mol. The number of quaternary nitrogens is 1. The average Bonchev–Trinajstić information content (AvgIpc) is 2.19. The summed E-state index contributed by atoms with van der Waals surface area (Å²) in [5, 5.41) is 0. The second-order valence-corrected chi connectivity index (χ2v) is 4.80. The van der Waals surface area contributed by atoms with E-state index >= 15 is 0 Å². The van der Waals surface area contributed by atoms with Crippen LogP contribution in [-0.2, 0) is 0 Å². The largest absolute Gasteiger partial charge is 0.870 e. The van der Waals surface area contributed by atoms with Gasteiger partial charge in [0.05, 0.1) is 26.7 Å². The molecule has 0 fully saturated rings. The molecule has 0 aromatic heterocycles. The SMILES string of the molecule is CCCCC[N+](C)(CC)CCCCC.[OH-]. The van der Waals surface area contributed by atoms with E-state index in [0.717, 1.165) is 0 Å². The maximum absolute atomic E-state index is 2.42. The minimum absolute atomic E-state index is 0. The zero-order chi connectivity index (χ0) is 10.9. The number of unbranched alkanes of at least 4 members (excludes halogenated alkanes) is 4. The third kappa shape index (κ3) is 8.88. The van der Waals surface area contributed by atoms with Crippen LogP contribution in [0.25, 0.3) is 0 Å². The highest BCUT2D eigenvalue weighted by Gasteiger charge is 2.17. The molecule has 0 atom stereocenters. The van der Waals surface area contributed by atoms with Gasteiger partial charge in [0.1, 0.15) is 0 Å². The zero-order valence-corrected chi connectivity index (χ0v) is 11.3. The highest BCUT2D eigenvalue weighted by molar-refractivity contribution is 4.43. The van der Waals surface area contributed by atoms with E-state index < -0.39 is 0 Å². The van der Waals surface area contributed by atoms with Gasteiger partial charge in [-0.15, -0.1) is 0 Å². The van der Waals surface area contributed by atoms with Gasteiger partial charge in [-0.25, -0.2) is 0 Å². The Hall–Kier alpha value is -0.0800. The molecule has 0 aromatic rings. The molecule has 0 amide bonds. The summed E-state index contributed by atoms with van der Waals surface area (Å²) in [7, 11) is 2.42. The third-order valence-electron chi connectivity index (χ3n) is 3.37. The summed E-state index contributed by atoms with van der Waals surface area (Å²) in [5.74, 6) is 0. The predicted octanol–water partition coefficient (Wildman–Crippen LogP) is 3.66. The quantitative estimate of drug-likeness (QED) is 0.428. The van der Waals surface area contributed by atoms with E-state index in [9.17, 15) is 0 Å². The van der Waals surface area contributed by atoms with Gasteiger partial charge in [-0.2, -0.15) is 0 Å². The highest BCUT2D eigenvalue weighted by Crippen LogP contribution is 2.09. The van der Waals surface area contributed by atoms with Gasteiger partial charge in [0.15, 0.2) is 0 Å². The second kappa shape index (κ2) is 10.4. The van der Waals surface area contributed by atoms with Crippen LogP contribution in [0.3, 0.4) is 0 Å². The Kier molecular flexibility index (Phi) is 12.1. The molecule has 0 unspecified atom stereocenters. The first-order valence-corrected chi connectivity index (χ1v) is 6.52. The van der Waals surface area contributed by atoms with Crippen molar-refractivity contribution in [3.63, 3.8) is 0 Å². The molecule has 2 nitrogen and oxygen atoms in total. The molecule has 1 N–H and O–H groups in total. The molecule has 0 aliphatic rings. The summed E-state index contributed by atoms with van der Waals surface area (Å²) >= 11 is 0. The van der Waals surface area contributed by atoms with E-state index in [1.165, 1.54) is 62.6 Å². The lowest BCUT2D eigenvalue weighted by Crippen LogP contribution is -2.45. The van der Waals surface area contributed by atoms with E-state index in [1.807, 2.05) is 0 Å². The molecule has 0 heterocycles. The Morgan fingerprint density at radius 2 is 1.13 bits per heavy atom. The lowest BCUT2D eigenvalue weighted by atomic mass is 10.2. The van der Waals surface area contributed by atoms with Crippen LogP contribution in [0.1, 0.15) is 59.3 Å². The van der Waals surface area contributed by atoms with Gasteiger partial charge in [0.25, 0.3) is 0 Å². The normalized spacial score (nSPS) is 11.2. The molecule has 0 rings (SSSR count). The van der Waals surface area contributed by atoms with E-state index in [-0.39, 0.29) is 5.48 Å². The maximum atomic E-state index is 2.42. The van der Waals surface area contributed by atoms with Crippen LogP contribution in [0.4, 0.5) is 0 Å². The molecule has 0 radical (unpaired) electrons. The molecule has 0 aliphatic carbocycles. The second-order valence-electron chi connectivity index (χ2n) is 4.80. The zero-order valence-electron chi connectivity index (χ0n) is 11.3. The molecule has 0 bridgehead atoms. The molecular formula is C13H31NO. The van der Waals surface area contributed by atoms with Gasteiger partial charge in [-0.1, -0.05) is 26.7 Å². The monoisotopic (exact) mass is 217 g/mol. The number of hydrogen-bond acceptors (Lipinski definition) is 1. The van der Waals surface area contributed by atoms with Crippen LogP contribution >= 0.6 is 0 Å². The summed E-state index contributed by atoms with van der Waals surface area (Å²) < 4.78 is 1.29. The fourth-order valence-electron chi connectivity index (χ4n) is 1.92. The minimum Gasteiger partial charge on any atom is -0.870 e. The van der Waals surface area contributed by atoms with Gasteiger partial charge in [0, 0.05) is 0 Å². The molecule has 94 valence electrons. The van der Waals surface area contributed by atoms with Crippen molar-refractivity contribution in [3.05, 3.63) is 0 Å². The van der Waals surface area contributed by atoms with Gasteiger partial charge in [-0.05, 0) is 32.6 Å². The lowest BCUT2D eigenvalue weighted by Gasteiger charge is -2.33. The van der Waals surface area contributed by atoms with Crippen molar-refractivity contribution in [2.45, 2.75) is 59.3 Å². The molecule has 2 heteroatoms. The summed E-state index contributed by atoms with van der Waals surface area (Å²) in [6.07, 6.45) is 8.32. The smallest absolute Gasteiger partial charge is 0.0784 e. The van der Waals surface area contributed by atoms with Crippen molar-refractivity contribution >= 4 is 0 Å². The van der Waals surface area contributed by atoms with E-state index in [0.29, 0.717) is 0 Å². The summed E-state index contributed by atoms with van der Waals surface area (Å²) in [4.78, 5) is 0. The first kappa shape index (κ1) is 17.3. The fourth-order valence-corrected chi connectivity index (χ4v) is 1.92. The molecule has 0 saturated carbocycles. The standard InChI is InChI=1S/C13H30N.H2O/c1-5-8-10-12-14(4,7-3)13-11-9-6-2;/h5-13H2,1-4H3;1H2/q+1;/p-1. The Labute approximate surface area is 96.6 Å². The van der Waals surface area contributed by atoms with Crippen molar-refractivity contribution < 1.29 is 9.96 Å². The molecule has 0 aliphatic heterocycles. The van der Waals surface area contributed by atoms with Crippen LogP contribution in [0.2, 0.25) is 0 Å². The number of hydrogen-bond donors (Lipinski definition) is 0. The molecule has 0 saturated heterocycles. The summed E-state index contributed by atoms with van der Waals surface area (Å²) in [6.45, 7) is 11.0. The van der Waals surface area contributed by atoms with Crippen molar-refractivity contribution in [1.29, 1.82) is 0 Å². The van der Waals surface area contributed by atoms with E-state index in [1.54, 1.807) is 0 Å². The fraction of sp³-hybridized carbons (Fsp3) is 1.00. The number of rotatable bonds is 9. The molecule has 0 aromatic carbocycles. The average molecular weight is 217 g/mol. The van der Waals surface area contributed by atoms with E-state index in [2.05, 4.69) is 27.8 Å². The first-order chi connectivity index (χ1) is 6.68. The van der Waals surface area contributed by atoms with Crippen LogP contribution < -0.4 is 0 Å². The lowest BCUT2D eigenvalue weighted by molar-refractivity contribution is -0.908. The first-order valence-electron chi connectivity index (χ1n) is 6.52. The minimum atomic E-state index is 0. The van der Waals surface area contributed by atoms with Crippen molar-refractivity contribution in [3.8, 4) is 0 Å².